The molecule has 1 aromatic rings. The van der Waals surface area contributed by atoms with E-state index in [2.05, 4.69) is 5.32 Å². The van der Waals surface area contributed by atoms with Crippen LogP contribution in [0.2, 0.25) is 0 Å². The highest BCUT2D eigenvalue weighted by Gasteiger charge is 2.33. The van der Waals surface area contributed by atoms with E-state index in [9.17, 15) is 8.42 Å². The van der Waals surface area contributed by atoms with Crippen molar-refractivity contribution >= 4 is 22.4 Å². The first-order valence-electron chi connectivity index (χ1n) is 6.92. The highest BCUT2D eigenvalue weighted by Crippen LogP contribution is 2.35. The molecule has 126 valence electrons. The minimum atomic E-state index is -3.67. The highest BCUT2D eigenvalue weighted by molar-refractivity contribution is 7.89. The van der Waals surface area contributed by atoms with Gasteiger partial charge in [-0.2, -0.15) is 4.31 Å². The first kappa shape index (κ1) is 19.0. The molecule has 0 saturated carbocycles. The molecule has 0 spiro atoms. The Morgan fingerprint density at radius 2 is 1.64 bits per heavy atom. The number of hydrogen-bond acceptors (Lipinski definition) is 5. The Morgan fingerprint density at radius 1 is 1.14 bits per heavy atom. The lowest BCUT2D eigenvalue weighted by Crippen LogP contribution is -2.44. The molecule has 0 bridgehead atoms. The fourth-order valence-electron chi connectivity index (χ4n) is 2.58. The van der Waals surface area contributed by atoms with Crippen molar-refractivity contribution in [1.29, 1.82) is 0 Å². The van der Waals surface area contributed by atoms with Crippen molar-refractivity contribution in [3.05, 3.63) is 18.2 Å². The summed E-state index contributed by atoms with van der Waals surface area (Å²) in [6.07, 6.45) is 1.60. The van der Waals surface area contributed by atoms with Gasteiger partial charge in [0, 0.05) is 13.1 Å². The van der Waals surface area contributed by atoms with Gasteiger partial charge in [-0.1, -0.05) is 6.07 Å². The largest absolute Gasteiger partial charge is 0.495 e. The van der Waals surface area contributed by atoms with Crippen LogP contribution >= 0.6 is 12.4 Å². The summed E-state index contributed by atoms with van der Waals surface area (Å²) in [5, 5.41) is 3.24. The van der Waals surface area contributed by atoms with Gasteiger partial charge >= 0.3 is 0 Å². The normalized spacial score (nSPS) is 16.2. The smallest absolute Gasteiger partial charge is 0.250 e. The predicted octanol–water partition coefficient (Wildman–Crippen LogP) is 1.50. The van der Waals surface area contributed by atoms with Gasteiger partial charge in [-0.3, -0.25) is 0 Å². The number of hydrogen-bond donors (Lipinski definition) is 1. The van der Waals surface area contributed by atoms with Crippen LogP contribution in [0.3, 0.4) is 0 Å². The topological polar surface area (TPSA) is 67.9 Å². The molecule has 0 aromatic heterocycles. The molecule has 6 nitrogen and oxygen atoms in total. The van der Waals surface area contributed by atoms with E-state index in [1.807, 2.05) is 0 Å². The summed E-state index contributed by atoms with van der Waals surface area (Å²) in [5.74, 6) is 0.602. The molecule has 0 unspecified atom stereocenters. The number of piperidine rings is 1. The van der Waals surface area contributed by atoms with Crippen LogP contribution in [-0.4, -0.2) is 53.1 Å². The molecule has 1 fully saturated rings. The van der Waals surface area contributed by atoms with Crippen LogP contribution in [-0.2, 0) is 10.0 Å². The molecule has 0 amide bonds. The van der Waals surface area contributed by atoms with Gasteiger partial charge in [0.05, 0.1) is 14.2 Å². The summed E-state index contributed by atoms with van der Waals surface area (Å²) in [6, 6.07) is 4.96. The molecular formula is C14H23ClN2O4S. The molecule has 22 heavy (non-hydrogen) atoms. The van der Waals surface area contributed by atoms with Crippen LogP contribution in [0, 0.1) is 0 Å². The molecule has 1 aliphatic rings. The minimum absolute atomic E-state index is 0. The van der Waals surface area contributed by atoms with Crippen LogP contribution < -0.4 is 14.8 Å². The van der Waals surface area contributed by atoms with Gasteiger partial charge in [0.2, 0.25) is 10.0 Å². The Bertz CT molecular complexity index is 566. The van der Waals surface area contributed by atoms with Crippen LogP contribution in [0.5, 0.6) is 11.5 Å². The van der Waals surface area contributed by atoms with Crippen molar-refractivity contribution in [2.75, 3.05) is 34.4 Å². The first-order valence-corrected chi connectivity index (χ1v) is 8.36. The minimum Gasteiger partial charge on any atom is -0.495 e. The van der Waals surface area contributed by atoms with Gasteiger partial charge in [0.15, 0.2) is 4.90 Å². The van der Waals surface area contributed by atoms with Gasteiger partial charge in [-0.05, 0) is 38.1 Å². The van der Waals surface area contributed by atoms with E-state index < -0.39 is 10.0 Å². The van der Waals surface area contributed by atoms with Gasteiger partial charge in [0.25, 0.3) is 0 Å². The van der Waals surface area contributed by atoms with Crippen LogP contribution in [0.1, 0.15) is 12.8 Å². The average Bonchev–Trinajstić information content (AvgIpc) is 2.53. The second kappa shape index (κ2) is 8.01. The zero-order valence-corrected chi connectivity index (χ0v) is 14.7. The lowest BCUT2D eigenvalue weighted by molar-refractivity contribution is 0.293. The van der Waals surface area contributed by atoms with E-state index in [0.717, 1.165) is 25.9 Å². The fraction of sp³-hybridized carbons (Fsp3) is 0.571. The number of methoxy groups -OCH3 is 2. The molecule has 0 radical (unpaired) electrons. The number of ether oxygens (including phenoxy) is 2. The maximum absolute atomic E-state index is 12.9. The molecule has 1 saturated heterocycles. The lowest BCUT2D eigenvalue weighted by Gasteiger charge is -2.31. The number of sulfonamides is 1. The summed E-state index contributed by atoms with van der Waals surface area (Å²) in [7, 11) is 0.867. The highest BCUT2D eigenvalue weighted by atomic mass is 35.5. The van der Waals surface area contributed by atoms with Crippen LogP contribution in [0.15, 0.2) is 23.1 Å². The third kappa shape index (κ3) is 3.65. The number of rotatable bonds is 5. The predicted molar refractivity (Wildman–Crippen MR) is 87.6 cm³/mol. The SMILES string of the molecule is COc1cccc(OC)c1S(=O)(=O)N(C)C1CCNCC1.Cl. The number of nitrogens with one attached hydrogen (secondary N) is 1. The lowest BCUT2D eigenvalue weighted by atomic mass is 10.1. The molecule has 1 heterocycles. The summed E-state index contributed by atoms with van der Waals surface area (Å²) < 4.78 is 37.7. The Labute approximate surface area is 138 Å². The van der Waals surface area contributed by atoms with Crippen LogP contribution in [0.4, 0.5) is 0 Å². The van der Waals surface area contributed by atoms with Crippen LogP contribution in [0.25, 0.3) is 0 Å². The van der Waals surface area contributed by atoms with E-state index in [1.165, 1.54) is 18.5 Å². The molecule has 1 aromatic carbocycles. The van der Waals surface area contributed by atoms with Gasteiger partial charge in [0.1, 0.15) is 11.5 Å². The number of nitrogens with zero attached hydrogens (tertiary/aromatic N) is 1. The second-order valence-corrected chi connectivity index (χ2v) is 6.93. The van der Waals surface area contributed by atoms with E-state index in [-0.39, 0.29) is 23.3 Å². The third-order valence-corrected chi connectivity index (χ3v) is 5.82. The average molecular weight is 351 g/mol. The summed E-state index contributed by atoms with van der Waals surface area (Å²) in [5.41, 5.74) is 0. The van der Waals surface area contributed by atoms with Crippen molar-refractivity contribution < 1.29 is 17.9 Å². The van der Waals surface area contributed by atoms with Crippen molar-refractivity contribution in [2.24, 2.45) is 0 Å². The Kier molecular flexibility index (Phi) is 6.93. The van der Waals surface area contributed by atoms with E-state index in [1.54, 1.807) is 25.2 Å². The zero-order valence-electron chi connectivity index (χ0n) is 13.0. The van der Waals surface area contributed by atoms with E-state index in [4.69, 9.17) is 9.47 Å². The third-order valence-electron chi connectivity index (χ3n) is 3.84. The van der Waals surface area contributed by atoms with Gasteiger partial charge in [-0.15, -0.1) is 12.4 Å². The number of benzene rings is 1. The Balaban J connectivity index is 0.00000242. The molecule has 1 aliphatic heterocycles. The standard InChI is InChI=1S/C14H22N2O4S.ClH/c1-16(11-7-9-15-10-8-11)21(17,18)14-12(19-2)5-4-6-13(14)20-3;/h4-6,11,15H,7-10H2,1-3H3;1H. The monoisotopic (exact) mass is 350 g/mol. The summed E-state index contributed by atoms with van der Waals surface area (Å²) in [6.45, 7) is 1.65. The molecule has 8 heteroatoms. The number of halogens is 1. The van der Waals surface area contributed by atoms with E-state index in [0.29, 0.717) is 11.5 Å². The molecule has 1 N–H and O–H groups in total. The van der Waals surface area contributed by atoms with Gasteiger partial charge < -0.3 is 14.8 Å². The Hall–Kier alpha value is -1.02. The summed E-state index contributed by atoms with van der Waals surface area (Å²) in [4.78, 5) is 0.0935. The summed E-state index contributed by atoms with van der Waals surface area (Å²) >= 11 is 0. The first-order chi connectivity index (χ1) is 10.0. The Morgan fingerprint density at radius 3 is 2.09 bits per heavy atom. The van der Waals surface area contributed by atoms with E-state index >= 15 is 0 Å². The zero-order chi connectivity index (χ0) is 15.5. The maximum Gasteiger partial charge on any atom is 0.250 e. The molecular weight excluding hydrogens is 328 g/mol. The van der Waals surface area contributed by atoms with Gasteiger partial charge in [-0.25, -0.2) is 8.42 Å². The van der Waals surface area contributed by atoms with Crippen molar-refractivity contribution in [1.82, 2.24) is 9.62 Å². The van der Waals surface area contributed by atoms with Crippen molar-refractivity contribution in [3.8, 4) is 11.5 Å². The second-order valence-electron chi connectivity index (χ2n) is 4.99. The van der Waals surface area contributed by atoms with Crippen molar-refractivity contribution in [2.45, 2.75) is 23.8 Å². The fourth-order valence-corrected chi connectivity index (χ4v) is 4.28. The molecule has 0 aliphatic carbocycles. The molecule has 0 atom stereocenters. The maximum atomic E-state index is 12.9. The quantitative estimate of drug-likeness (QED) is 0.871. The molecule has 2 rings (SSSR count). The van der Waals surface area contributed by atoms with Crippen molar-refractivity contribution in [3.63, 3.8) is 0 Å².